The monoisotopic (exact) mass is 190 g/mol. The number of nitrogens with one attached hydrogen (secondary N) is 1. The Balaban J connectivity index is 2.22. The molecule has 2 rings (SSSR count). The minimum Gasteiger partial charge on any atom is -0.330 e. The van der Waals surface area contributed by atoms with Gasteiger partial charge in [0.25, 0.3) is 0 Å². The number of para-hydroxylation sites is 1. The maximum Gasteiger partial charge on any atom is 0.227 e. The number of amides is 1. The van der Waals surface area contributed by atoms with E-state index in [0.717, 1.165) is 18.5 Å². The normalized spacial score (nSPS) is 20.1. The molecule has 1 atom stereocenters. The number of hydrogen-bond acceptors (Lipinski definition) is 2. The van der Waals surface area contributed by atoms with Crippen LogP contribution in [-0.4, -0.2) is 12.5 Å². The molecule has 0 bridgehead atoms. The van der Waals surface area contributed by atoms with Gasteiger partial charge in [0.05, 0.1) is 0 Å². The molecule has 1 aliphatic rings. The van der Waals surface area contributed by atoms with Gasteiger partial charge >= 0.3 is 0 Å². The minimum absolute atomic E-state index is 0.0508. The van der Waals surface area contributed by atoms with Crippen LogP contribution in [0, 0.1) is 5.92 Å². The molecule has 0 radical (unpaired) electrons. The number of rotatable bonds is 2. The Labute approximate surface area is 83.3 Å². The van der Waals surface area contributed by atoms with Crippen LogP contribution in [-0.2, 0) is 11.2 Å². The van der Waals surface area contributed by atoms with Crippen LogP contribution in [0.3, 0.4) is 0 Å². The van der Waals surface area contributed by atoms with Gasteiger partial charge in [0.15, 0.2) is 0 Å². The van der Waals surface area contributed by atoms with E-state index in [2.05, 4.69) is 11.4 Å². The second-order valence-electron chi connectivity index (χ2n) is 3.62. The zero-order valence-electron chi connectivity index (χ0n) is 7.99. The van der Waals surface area contributed by atoms with Crippen LogP contribution in [0.1, 0.15) is 12.0 Å². The molecule has 1 unspecified atom stereocenters. The molecule has 74 valence electrons. The zero-order chi connectivity index (χ0) is 9.97. The Bertz CT molecular complexity index is 349. The van der Waals surface area contributed by atoms with Crippen LogP contribution < -0.4 is 11.1 Å². The van der Waals surface area contributed by atoms with Gasteiger partial charge in [-0.25, -0.2) is 0 Å². The number of nitrogens with two attached hydrogens (primary N) is 1. The first-order valence-corrected chi connectivity index (χ1v) is 4.90. The van der Waals surface area contributed by atoms with Gasteiger partial charge in [-0.15, -0.1) is 0 Å². The maximum atomic E-state index is 11.6. The lowest BCUT2D eigenvalue weighted by atomic mass is 9.91. The molecular weight excluding hydrogens is 176 g/mol. The summed E-state index contributed by atoms with van der Waals surface area (Å²) in [6.45, 7) is 0.570. The summed E-state index contributed by atoms with van der Waals surface area (Å²) in [6.07, 6.45) is 1.58. The van der Waals surface area contributed by atoms with Crippen molar-refractivity contribution in [2.75, 3.05) is 11.9 Å². The second-order valence-corrected chi connectivity index (χ2v) is 3.62. The van der Waals surface area contributed by atoms with E-state index < -0.39 is 0 Å². The third-order valence-electron chi connectivity index (χ3n) is 2.63. The molecule has 3 heteroatoms. The molecule has 0 saturated carbocycles. The van der Waals surface area contributed by atoms with Crippen molar-refractivity contribution in [1.82, 2.24) is 0 Å². The van der Waals surface area contributed by atoms with Crippen molar-refractivity contribution < 1.29 is 4.79 Å². The van der Waals surface area contributed by atoms with Gasteiger partial charge in [0, 0.05) is 11.6 Å². The molecule has 1 aromatic carbocycles. The standard InChI is InChI=1S/C11H14N2O/c12-6-5-9-7-8-3-1-2-4-10(8)13-11(9)14/h1-4,9H,5-7,12H2,(H,13,14). The van der Waals surface area contributed by atoms with E-state index in [4.69, 9.17) is 5.73 Å². The highest BCUT2D eigenvalue weighted by molar-refractivity contribution is 5.95. The Morgan fingerprint density at radius 1 is 1.43 bits per heavy atom. The predicted molar refractivity (Wildman–Crippen MR) is 55.9 cm³/mol. The van der Waals surface area contributed by atoms with Crippen LogP contribution in [0.2, 0.25) is 0 Å². The van der Waals surface area contributed by atoms with Crippen LogP contribution in [0.15, 0.2) is 24.3 Å². The van der Waals surface area contributed by atoms with Crippen molar-refractivity contribution in [1.29, 1.82) is 0 Å². The van der Waals surface area contributed by atoms with Gasteiger partial charge in [-0.05, 0) is 31.0 Å². The Morgan fingerprint density at radius 2 is 2.21 bits per heavy atom. The highest BCUT2D eigenvalue weighted by Crippen LogP contribution is 2.26. The van der Waals surface area contributed by atoms with E-state index in [0.29, 0.717) is 6.54 Å². The van der Waals surface area contributed by atoms with Crippen LogP contribution >= 0.6 is 0 Å². The highest BCUT2D eigenvalue weighted by Gasteiger charge is 2.24. The zero-order valence-corrected chi connectivity index (χ0v) is 7.99. The van der Waals surface area contributed by atoms with Gasteiger partial charge in [0.2, 0.25) is 5.91 Å². The summed E-state index contributed by atoms with van der Waals surface area (Å²) in [6, 6.07) is 7.92. The van der Waals surface area contributed by atoms with Crippen molar-refractivity contribution in [3.05, 3.63) is 29.8 Å². The molecule has 0 spiro atoms. The van der Waals surface area contributed by atoms with E-state index in [1.165, 1.54) is 5.56 Å². The maximum absolute atomic E-state index is 11.6. The van der Waals surface area contributed by atoms with E-state index in [-0.39, 0.29) is 11.8 Å². The van der Waals surface area contributed by atoms with E-state index >= 15 is 0 Å². The first-order valence-electron chi connectivity index (χ1n) is 4.90. The van der Waals surface area contributed by atoms with Crippen LogP contribution in [0.5, 0.6) is 0 Å². The largest absolute Gasteiger partial charge is 0.330 e. The number of carbonyl (C=O) groups excluding carboxylic acids is 1. The molecule has 0 aromatic heterocycles. The fraction of sp³-hybridized carbons (Fsp3) is 0.364. The molecule has 1 amide bonds. The Kier molecular flexibility index (Phi) is 2.50. The summed E-state index contributed by atoms with van der Waals surface area (Å²) in [5.74, 6) is 0.157. The lowest BCUT2D eigenvalue weighted by Gasteiger charge is -2.23. The van der Waals surface area contributed by atoms with Gasteiger partial charge in [-0.2, -0.15) is 0 Å². The fourth-order valence-electron chi connectivity index (χ4n) is 1.85. The summed E-state index contributed by atoms with van der Waals surface area (Å²) >= 11 is 0. The molecular formula is C11H14N2O. The van der Waals surface area contributed by atoms with Crippen molar-refractivity contribution in [2.24, 2.45) is 11.7 Å². The topological polar surface area (TPSA) is 55.1 Å². The number of benzene rings is 1. The average Bonchev–Trinajstić information content (AvgIpc) is 2.19. The minimum atomic E-state index is 0.0508. The fourth-order valence-corrected chi connectivity index (χ4v) is 1.85. The summed E-state index contributed by atoms with van der Waals surface area (Å²) in [7, 11) is 0. The SMILES string of the molecule is NCCC1Cc2ccccc2NC1=O. The molecule has 1 heterocycles. The smallest absolute Gasteiger partial charge is 0.227 e. The van der Waals surface area contributed by atoms with Crippen molar-refractivity contribution >= 4 is 11.6 Å². The first-order chi connectivity index (χ1) is 6.81. The molecule has 0 fully saturated rings. The lowest BCUT2D eigenvalue weighted by Crippen LogP contribution is -2.31. The third kappa shape index (κ3) is 1.63. The molecule has 0 aliphatic carbocycles. The van der Waals surface area contributed by atoms with Gasteiger partial charge < -0.3 is 11.1 Å². The number of fused-ring (bicyclic) bond motifs is 1. The molecule has 3 N–H and O–H groups in total. The van der Waals surface area contributed by atoms with Gasteiger partial charge in [0.1, 0.15) is 0 Å². The van der Waals surface area contributed by atoms with E-state index in [9.17, 15) is 4.79 Å². The van der Waals surface area contributed by atoms with Crippen molar-refractivity contribution in [3.63, 3.8) is 0 Å². The summed E-state index contributed by atoms with van der Waals surface area (Å²) in [5, 5.41) is 2.90. The van der Waals surface area contributed by atoms with Crippen molar-refractivity contribution in [2.45, 2.75) is 12.8 Å². The van der Waals surface area contributed by atoms with Crippen LogP contribution in [0.4, 0.5) is 5.69 Å². The Morgan fingerprint density at radius 3 is 3.00 bits per heavy atom. The number of anilines is 1. The summed E-state index contributed by atoms with van der Waals surface area (Å²) in [4.78, 5) is 11.6. The predicted octanol–water partition coefficient (Wildman–Crippen LogP) is 1.15. The number of carbonyl (C=O) groups is 1. The molecule has 1 aromatic rings. The van der Waals surface area contributed by atoms with Gasteiger partial charge in [-0.1, -0.05) is 18.2 Å². The van der Waals surface area contributed by atoms with E-state index in [1.807, 2.05) is 18.2 Å². The van der Waals surface area contributed by atoms with Crippen molar-refractivity contribution in [3.8, 4) is 0 Å². The molecule has 3 nitrogen and oxygen atoms in total. The molecule has 0 saturated heterocycles. The average molecular weight is 190 g/mol. The Hall–Kier alpha value is -1.35. The lowest BCUT2D eigenvalue weighted by molar-refractivity contribution is -0.120. The second kappa shape index (κ2) is 3.80. The molecule has 14 heavy (non-hydrogen) atoms. The number of hydrogen-bond donors (Lipinski definition) is 2. The first kappa shape index (κ1) is 9.21. The van der Waals surface area contributed by atoms with E-state index in [1.54, 1.807) is 0 Å². The molecule has 1 aliphatic heterocycles. The van der Waals surface area contributed by atoms with Gasteiger partial charge in [-0.3, -0.25) is 4.79 Å². The van der Waals surface area contributed by atoms with Crippen LogP contribution in [0.25, 0.3) is 0 Å². The quantitative estimate of drug-likeness (QED) is 0.735. The summed E-state index contributed by atoms with van der Waals surface area (Å²) < 4.78 is 0. The third-order valence-corrected chi connectivity index (χ3v) is 2.63. The highest BCUT2D eigenvalue weighted by atomic mass is 16.1. The summed E-state index contributed by atoms with van der Waals surface area (Å²) in [5.41, 5.74) is 7.62.